The Labute approximate surface area is 123 Å². The normalized spacial score (nSPS) is 10.3. The summed E-state index contributed by atoms with van der Waals surface area (Å²) in [6, 6.07) is 9.38. The zero-order valence-corrected chi connectivity index (χ0v) is 12.6. The van der Waals surface area contributed by atoms with Crippen molar-refractivity contribution in [3.8, 4) is 0 Å². The standard InChI is InChI=1S/C15H19N3OS/c1-17(14(19)13-7-4-3-5-8-13)10-6-11-18(2)15-16-9-12-20-15/h3-5,7-9,12H,6,10-11H2,1-2H3. The summed E-state index contributed by atoms with van der Waals surface area (Å²) >= 11 is 1.63. The van der Waals surface area contributed by atoms with E-state index in [9.17, 15) is 4.79 Å². The molecule has 0 aliphatic carbocycles. The Kier molecular flexibility index (Phi) is 5.12. The monoisotopic (exact) mass is 289 g/mol. The molecule has 0 bridgehead atoms. The van der Waals surface area contributed by atoms with E-state index >= 15 is 0 Å². The molecule has 1 heterocycles. The van der Waals surface area contributed by atoms with E-state index in [0.29, 0.717) is 0 Å². The van der Waals surface area contributed by atoms with Crippen molar-refractivity contribution in [3.63, 3.8) is 0 Å². The largest absolute Gasteiger partial charge is 0.351 e. The second-order valence-corrected chi connectivity index (χ2v) is 5.56. The molecule has 1 amide bonds. The number of hydrogen-bond donors (Lipinski definition) is 0. The summed E-state index contributed by atoms with van der Waals surface area (Å²) in [5.74, 6) is 0.0718. The van der Waals surface area contributed by atoms with Crippen molar-refractivity contribution >= 4 is 22.4 Å². The number of nitrogens with zero attached hydrogens (tertiary/aromatic N) is 3. The molecule has 0 fully saturated rings. The van der Waals surface area contributed by atoms with Crippen LogP contribution in [0.1, 0.15) is 16.8 Å². The zero-order valence-electron chi connectivity index (χ0n) is 11.8. The van der Waals surface area contributed by atoms with Gasteiger partial charge >= 0.3 is 0 Å². The number of aromatic nitrogens is 1. The van der Waals surface area contributed by atoms with Gasteiger partial charge in [0.2, 0.25) is 0 Å². The van der Waals surface area contributed by atoms with Crippen LogP contribution in [0.5, 0.6) is 0 Å². The fraction of sp³-hybridized carbons (Fsp3) is 0.333. The lowest BCUT2D eigenvalue weighted by atomic mass is 10.2. The minimum absolute atomic E-state index is 0.0718. The van der Waals surface area contributed by atoms with Crippen LogP contribution in [0.3, 0.4) is 0 Å². The van der Waals surface area contributed by atoms with E-state index < -0.39 is 0 Å². The molecule has 0 radical (unpaired) electrons. The predicted octanol–water partition coefficient (Wildman–Crippen LogP) is 2.74. The first kappa shape index (κ1) is 14.5. The highest BCUT2D eigenvalue weighted by Crippen LogP contribution is 2.15. The lowest BCUT2D eigenvalue weighted by Crippen LogP contribution is -2.30. The number of thiazole rings is 1. The van der Waals surface area contributed by atoms with Gasteiger partial charge in [-0.3, -0.25) is 4.79 Å². The third kappa shape index (κ3) is 3.81. The molecule has 2 aromatic rings. The molecule has 0 spiro atoms. The van der Waals surface area contributed by atoms with Crippen molar-refractivity contribution < 1.29 is 4.79 Å². The summed E-state index contributed by atoms with van der Waals surface area (Å²) in [5, 5.41) is 2.98. The van der Waals surface area contributed by atoms with E-state index in [2.05, 4.69) is 9.88 Å². The molecule has 0 unspecified atom stereocenters. The second kappa shape index (κ2) is 7.05. The van der Waals surface area contributed by atoms with E-state index in [4.69, 9.17) is 0 Å². The van der Waals surface area contributed by atoms with Crippen LogP contribution in [-0.2, 0) is 0 Å². The molecule has 2 rings (SSSR count). The highest BCUT2D eigenvalue weighted by Gasteiger charge is 2.11. The maximum atomic E-state index is 12.2. The fourth-order valence-corrected chi connectivity index (χ4v) is 2.58. The van der Waals surface area contributed by atoms with Crippen molar-refractivity contribution in [1.82, 2.24) is 9.88 Å². The molecule has 0 saturated carbocycles. The van der Waals surface area contributed by atoms with Crippen molar-refractivity contribution in [2.24, 2.45) is 0 Å². The Morgan fingerprint density at radius 1 is 1.20 bits per heavy atom. The van der Waals surface area contributed by atoms with E-state index in [0.717, 1.165) is 30.2 Å². The van der Waals surface area contributed by atoms with Crippen molar-refractivity contribution in [2.75, 3.05) is 32.1 Å². The number of anilines is 1. The summed E-state index contributed by atoms with van der Waals surface area (Å²) in [7, 11) is 3.87. The Hall–Kier alpha value is -1.88. The SMILES string of the molecule is CN(CCCN(C)c1nccs1)C(=O)c1ccccc1. The van der Waals surface area contributed by atoms with Gasteiger partial charge in [0.15, 0.2) is 5.13 Å². The first-order valence-corrected chi connectivity index (χ1v) is 7.47. The van der Waals surface area contributed by atoms with Crippen LogP contribution in [0.15, 0.2) is 41.9 Å². The van der Waals surface area contributed by atoms with Gasteiger partial charge in [-0.2, -0.15) is 0 Å². The number of rotatable bonds is 6. The maximum Gasteiger partial charge on any atom is 0.253 e. The minimum atomic E-state index is 0.0718. The average Bonchev–Trinajstić information content (AvgIpc) is 3.01. The van der Waals surface area contributed by atoms with Crippen LogP contribution in [0.4, 0.5) is 5.13 Å². The molecule has 5 heteroatoms. The maximum absolute atomic E-state index is 12.2. The second-order valence-electron chi connectivity index (χ2n) is 4.68. The zero-order chi connectivity index (χ0) is 14.4. The molecule has 0 N–H and O–H groups in total. The fourth-order valence-electron chi connectivity index (χ4n) is 1.95. The van der Waals surface area contributed by atoms with Crippen LogP contribution in [0.25, 0.3) is 0 Å². The topological polar surface area (TPSA) is 36.4 Å². The molecule has 0 atom stereocenters. The predicted molar refractivity (Wildman–Crippen MR) is 83.4 cm³/mol. The molecular weight excluding hydrogens is 270 g/mol. The highest BCUT2D eigenvalue weighted by atomic mass is 32.1. The number of carbonyl (C=O) groups excluding carboxylic acids is 1. The molecule has 20 heavy (non-hydrogen) atoms. The minimum Gasteiger partial charge on any atom is -0.351 e. The third-order valence-corrected chi connectivity index (χ3v) is 3.99. The number of carbonyl (C=O) groups is 1. The Morgan fingerprint density at radius 3 is 2.60 bits per heavy atom. The summed E-state index contributed by atoms with van der Waals surface area (Å²) in [6.45, 7) is 1.63. The summed E-state index contributed by atoms with van der Waals surface area (Å²) in [5.41, 5.74) is 0.739. The van der Waals surface area contributed by atoms with E-state index in [1.807, 2.05) is 56.0 Å². The van der Waals surface area contributed by atoms with Crippen molar-refractivity contribution in [3.05, 3.63) is 47.5 Å². The van der Waals surface area contributed by atoms with Gasteiger partial charge in [0.05, 0.1) is 0 Å². The highest BCUT2D eigenvalue weighted by molar-refractivity contribution is 7.13. The average molecular weight is 289 g/mol. The van der Waals surface area contributed by atoms with Crippen LogP contribution in [0, 0.1) is 0 Å². The van der Waals surface area contributed by atoms with Crippen LogP contribution >= 0.6 is 11.3 Å². The van der Waals surface area contributed by atoms with Gasteiger partial charge in [0.1, 0.15) is 0 Å². The molecule has 106 valence electrons. The Morgan fingerprint density at radius 2 is 1.95 bits per heavy atom. The Bertz CT molecular complexity index is 527. The number of amides is 1. The number of hydrogen-bond acceptors (Lipinski definition) is 4. The van der Waals surface area contributed by atoms with Gasteiger partial charge < -0.3 is 9.80 Å². The number of benzene rings is 1. The van der Waals surface area contributed by atoms with Gasteiger partial charge in [0.25, 0.3) is 5.91 Å². The molecule has 0 aliphatic rings. The molecular formula is C15H19N3OS. The van der Waals surface area contributed by atoms with Crippen LogP contribution in [0.2, 0.25) is 0 Å². The first-order chi connectivity index (χ1) is 9.68. The molecule has 0 aliphatic heterocycles. The van der Waals surface area contributed by atoms with E-state index in [1.54, 1.807) is 16.2 Å². The smallest absolute Gasteiger partial charge is 0.253 e. The third-order valence-electron chi connectivity index (χ3n) is 3.10. The van der Waals surface area contributed by atoms with Gasteiger partial charge in [-0.1, -0.05) is 18.2 Å². The van der Waals surface area contributed by atoms with Crippen LogP contribution < -0.4 is 4.90 Å². The molecule has 1 aromatic heterocycles. The van der Waals surface area contributed by atoms with Gasteiger partial charge in [-0.15, -0.1) is 11.3 Å². The van der Waals surface area contributed by atoms with Crippen LogP contribution in [-0.4, -0.2) is 43.0 Å². The summed E-state index contributed by atoms with van der Waals surface area (Å²) in [4.78, 5) is 20.3. The van der Waals surface area contributed by atoms with Gasteiger partial charge in [-0.25, -0.2) is 4.98 Å². The summed E-state index contributed by atoms with van der Waals surface area (Å²) < 4.78 is 0. The lowest BCUT2D eigenvalue weighted by molar-refractivity contribution is 0.0794. The molecule has 4 nitrogen and oxygen atoms in total. The molecule has 0 saturated heterocycles. The van der Waals surface area contributed by atoms with Crippen molar-refractivity contribution in [1.29, 1.82) is 0 Å². The molecule has 1 aromatic carbocycles. The van der Waals surface area contributed by atoms with E-state index in [-0.39, 0.29) is 5.91 Å². The lowest BCUT2D eigenvalue weighted by Gasteiger charge is -2.20. The summed E-state index contributed by atoms with van der Waals surface area (Å²) in [6.07, 6.45) is 2.73. The quantitative estimate of drug-likeness (QED) is 0.820. The first-order valence-electron chi connectivity index (χ1n) is 6.59. The van der Waals surface area contributed by atoms with Gasteiger partial charge in [0, 0.05) is 44.3 Å². The Balaban J connectivity index is 1.78. The van der Waals surface area contributed by atoms with Crippen molar-refractivity contribution in [2.45, 2.75) is 6.42 Å². The van der Waals surface area contributed by atoms with E-state index in [1.165, 1.54) is 0 Å². The van der Waals surface area contributed by atoms with Gasteiger partial charge in [-0.05, 0) is 18.6 Å².